The lowest BCUT2D eigenvalue weighted by Gasteiger charge is -2.10. The molecule has 0 aliphatic heterocycles. The third-order valence-corrected chi connectivity index (χ3v) is 2.40. The van der Waals surface area contributed by atoms with E-state index in [1.54, 1.807) is 6.07 Å². The number of nitrogen functional groups attached to an aromatic ring is 1. The van der Waals surface area contributed by atoms with Crippen LogP contribution in [0.1, 0.15) is 33.0 Å². The van der Waals surface area contributed by atoms with Crippen LogP contribution in [0.2, 0.25) is 0 Å². The van der Waals surface area contributed by atoms with Crippen LogP contribution in [-0.4, -0.2) is 29.0 Å². The zero-order chi connectivity index (χ0) is 14.3. The summed E-state index contributed by atoms with van der Waals surface area (Å²) in [4.78, 5) is 20.0. The summed E-state index contributed by atoms with van der Waals surface area (Å²) in [5.41, 5.74) is 5.70. The van der Waals surface area contributed by atoms with Crippen LogP contribution in [-0.2, 0) is 11.2 Å². The summed E-state index contributed by atoms with van der Waals surface area (Å²) < 4.78 is 0. The molecule has 0 atom stereocenters. The smallest absolute Gasteiger partial charge is 0.239 e. The van der Waals surface area contributed by atoms with E-state index >= 15 is 0 Å². The molecule has 0 fully saturated rings. The van der Waals surface area contributed by atoms with Gasteiger partial charge in [-0.25, -0.2) is 9.97 Å². The van der Waals surface area contributed by atoms with Crippen molar-refractivity contribution in [1.29, 1.82) is 0 Å². The molecule has 0 radical (unpaired) electrons. The quantitative estimate of drug-likeness (QED) is 0.688. The Morgan fingerprint density at radius 1 is 1.42 bits per heavy atom. The highest BCUT2D eigenvalue weighted by Gasteiger charge is 2.05. The summed E-state index contributed by atoms with van der Waals surface area (Å²) in [5, 5.41) is 5.80. The van der Waals surface area contributed by atoms with Gasteiger partial charge in [0.1, 0.15) is 17.5 Å². The molecular formula is C13H23N5O. The number of hydrogen-bond donors (Lipinski definition) is 3. The van der Waals surface area contributed by atoms with Crippen molar-refractivity contribution in [2.75, 3.05) is 24.1 Å². The molecule has 0 bridgehead atoms. The fourth-order valence-electron chi connectivity index (χ4n) is 1.49. The maximum atomic E-state index is 11.6. The van der Waals surface area contributed by atoms with Gasteiger partial charge in [-0.2, -0.15) is 0 Å². The minimum Gasteiger partial charge on any atom is -0.384 e. The predicted octanol–water partition coefficient (Wildman–Crippen LogP) is 1.20. The summed E-state index contributed by atoms with van der Waals surface area (Å²) in [6.45, 7) is 7.02. The largest absolute Gasteiger partial charge is 0.384 e. The zero-order valence-electron chi connectivity index (χ0n) is 11.9. The highest BCUT2D eigenvalue weighted by Crippen LogP contribution is 2.09. The number of nitrogens with two attached hydrogens (primary N) is 1. The topological polar surface area (TPSA) is 92.9 Å². The molecule has 0 unspecified atom stereocenters. The molecule has 0 aliphatic carbocycles. The van der Waals surface area contributed by atoms with Crippen molar-refractivity contribution in [3.63, 3.8) is 0 Å². The van der Waals surface area contributed by atoms with Crippen LogP contribution in [0.4, 0.5) is 11.6 Å². The average molecular weight is 265 g/mol. The molecule has 1 aromatic heterocycles. The number of carbonyl (C=O) groups is 1. The van der Waals surface area contributed by atoms with Crippen molar-refractivity contribution in [3.8, 4) is 0 Å². The van der Waals surface area contributed by atoms with Crippen molar-refractivity contribution < 1.29 is 4.79 Å². The molecule has 6 heteroatoms. The standard InChI is InChI=1S/C13H23N5O/c1-4-5-11-17-10(14)6-12(18-11)15-8-13(19)16-7-9(2)3/h6,9H,4-5,7-8H2,1-3H3,(H,16,19)(H3,14,15,17,18). The average Bonchev–Trinajstić information content (AvgIpc) is 2.33. The summed E-state index contributed by atoms with van der Waals surface area (Å²) in [6.07, 6.45) is 1.73. The number of hydrogen-bond acceptors (Lipinski definition) is 5. The number of amides is 1. The predicted molar refractivity (Wildman–Crippen MR) is 76.8 cm³/mol. The second-order valence-electron chi connectivity index (χ2n) is 4.90. The first-order valence-electron chi connectivity index (χ1n) is 6.65. The fourth-order valence-corrected chi connectivity index (χ4v) is 1.49. The van der Waals surface area contributed by atoms with E-state index in [9.17, 15) is 4.79 Å². The molecule has 0 spiro atoms. The van der Waals surface area contributed by atoms with Gasteiger partial charge in [0.25, 0.3) is 0 Å². The van der Waals surface area contributed by atoms with Gasteiger partial charge in [0.05, 0.1) is 6.54 Å². The van der Waals surface area contributed by atoms with Crippen molar-refractivity contribution in [2.45, 2.75) is 33.6 Å². The lowest BCUT2D eigenvalue weighted by molar-refractivity contribution is -0.119. The highest BCUT2D eigenvalue weighted by molar-refractivity contribution is 5.80. The number of aromatic nitrogens is 2. The van der Waals surface area contributed by atoms with E-state index in [1.165, 1.54) is 0 Å². The Labute approximate surface area is 114 Å². The number of nitrogens with zero attached hydrogens (tertiary/aromatic N) is 2. The third kappa shape index (κ3) is 6.03. The van der Waals surface area contributed by atoms with Gasteiger partial charge in [-0.3, -0.25) is 4.79 Å². The van der Waals surface area contributed by atoms with E-state index < -0.39 is 0 Å². The Bertz CT molecular complexity index is 419. The molecule has 4 N–H and O–H groups in total. The van der Waals surface area contributed by atoms with Crippen molar-refractivity contribution >= 4 is 17.5 Å². The molecule has 1 heterocycles. The van der Waals surface area contributed by atoms with Gasteiger partial charge in [0.15, 0.2) is 0 Å². The van der Waals surface area contributed by atoms with Crippen LogP contribution < -0.4 is 16.4 Å². The van der Waals surface area contributed by atoms with Crippen LogP contribution >= 0.6 is 0 Å². The molecule has 1 rings (SSSR count). The molecule has 0 aromatic carbocycles. The lowest BCUT2D eigenvalue weighted by atomic mass is 10.2. The SMILES string of the molecule is CCCc1nc(N)cc(NCC(=O)NCC(C)C)n1. The minimum atomic E-state index is -0.0528. The summed E-state index contributed by atoms with van der Waals surface area (Å²) in [6, 6.07) is 1.63. The Kier molecular flexibility index (Phi) is 6.05. The van der Waals surface area contributed by atoms with Crippen molar-refractivity contribution in [1.82, 2.24) is 15.3 Å². The fraction of sp³-hybridized carbons (Fsp3) is 0.615. The van der Waals surface area contributed by atoms with E-state index in [4.69, 9.17) is 5.73 Å². The Morgan fingerprint density at radius 2 is 2.16 bits per heavy atom. The van der Waals surface area contributed by atoms with Crippen LogP contribution in [0.3, 0.4) is 0 Å². The molecule has 0 saturated carbocycles. The second-order valence-corrected chi connectivity index (χ2v) is 4.90. The van der Waals surface area contributed by atoms with Gasteiger partial charge in [-0.15, -0.1) is 0 Å². The monoisotopic (exact) mass is 265 g/mol. The van der Waals surface area contributed by atoms with E-state index in [-0.39, 0.29) is 12.5 Å². The Hall–Kier alpha value is -1.85. The molecule has 19 heavy (non-hydrogen) atoms. The number of anilines is 2. The third-order valence-electron chi connectivity index (χ3n) is 2.40. The number of rotatable bonds is 7. The van der Waals surface area contributed by atoms with Gasteiger partial charge in [-0.05, 0) is 12.3 Å². The molecular weight excluding hydrogens is 242 g/mol. The maximum absolute atomic E-state index is 11.6. The van der Waals surface area contributed by atoms with Gasteiger partial charge < -0.3 is 16.4 Å². The van der Waals surface area contributed by atoms with Crippen LogP contribution in [0.15, 0.2) is 6.07 Å². The first kappa shape index (κ1) is 15.2. The van der Waals surface area contributed by atoms with E-state index in [0.29, 0.717) is 29.9 Å². The first-order valence-corrected chi connectivity index (χ1v) is 6.65. The Balaban J connectivity index is 2.50. The second kappa shape index (κ2) is 7.56. The van der Waals surface area contributed by atoms with Crippen LogP contribution in [0, 0.1) is 5.92 Å². The Morgan fingerprint density at radius 3 is 2.79 bits per heavy atom. The normalized spacial score (nSPS) is 10.5. The number of carbonyl (C=O) groups excluding carboxylic acids is 1. The van der Waals surface area contributed by atoms with Crippen molar-refractivity contribution in [2.24, 2.45) is 5.92 Å². The van der Waals surface area contributed by atoms with Gasteiger partial charge in [0.2, 0.25) is 5.91 Å². The molecule has 106 valence electrons. The van der Waals surface area contributed by atoms with Crippen LogP contribution in [0.25, 0.3) is 0 Å². The molecule has 6 nitrogen and oxygen atoms in total. The summed E-state index contributed by atoms with van der Waals surface area (Å²) >= 11 is 0. The molecule has 1 aromatic rings. The van der Waals surface area contributed by atoms with E-state index in [1.807, 2.05) is 0 Å². The summed E-state index contributed by atoms with van der Waals surface area (Å²) in [7, 11) is 0. The first-order chi connectivity index (χ1) is 9.01. The summed E-state index contributed by atoms with van der Waals surface area (Å²) in [5.74, 6) is 2.10. The number of nitrogens with one attached hydrogen (secondary N) is 2. The van der Waals surface area contributed by atoms with E-state index in [2.05, 4.69) is 41.4 Å². The van der Waals surface area contributed by atoms with Gasteiger partial charge in [0, 0.05) is 19.0 Å². The van der Waals surface area contributed by atoms with E-state index in [0.717, 1.165) is 12.8 Å². The van der Waals surface area contributed by atoms with Crippen molar-refractivity contribution in [3.05, 3.63) is 11.9 Å². The molecule has 0 saturated heterocycles. The lowest BCUT2D eigenvalue weighted by Crippen LogP contribution is -2.32. The molecule has 0 aliphatic rings. The van der Waals surface area contributed by atoms with Crippen LogP contribution in [0.5, 0.6) is 0 Å². The highest BCUT2D eigenvalue weighted by atomic mass is 16.1. The van der Waals surface area contributed by atoms with Gasteiger partial charge >= 0.3 is 0 Å². The maximum Gasteiger partial charge on any atom is 0.239 e. The number of aryl methyl sites for hydroxylation is 1. The minimum absolute atomic E-state index is 0.0528. The molecule has 1 amide bonds. The van der Waals surface area contributed by atoms with Gasteiger partial charge in [-0.1, -0.05) is 20.8 Å². The zero-order valence-corrected chi connectivity index (χ0v) is 11.9.